The Balaban J connectivity index is 2.37. The van der Waals surface area contributed by atoms with Crippen LogP contribution in [0.2, 0.25) is 0 Å². The molecule has 0 unspecified atom stereocenters. The Bertz CT molecular complexity index is 566. The van der Waals surface area contributed by atoms with Gasteiger partial charge < -0.3 is 5.73 Å². The molecule has 2 aromatic carbocycles. The van der Waals surface area contributed by atoms with Crippen LogP contribution in [0.25, 0.3) is 0 Å². The predicted molar refractivity (Wildman–Crippen MR) is 73.4 cm³/mol. The van der Waals surface area contributed by atoms with Crippen LogP contribution in [0.5, 0.6) is 0 Å². The summed E-state index contributed by atoms with van der Waals surface area (Å²) in [6.45, 7) is 0. The zero-order valence-corrected chi connectivity index (χ0v) is 10.9. The van der Waals surface area contributed by atoms with Gasteiger partial charge in [-0.2, -0.15) is 0 Å². The molecule has 0 saturated carbocycles. The van der Waals surface area contributed by atoms with Crippen LogP contribution in [-0.2, 0) is 0 Å². The summed E-state index contributed by atoms with van der Waals surface area (Å²) in [5, 5.41) is 0. The molecule has 0 saturated heterocycles. The van der Waals surface area contributed by atoms with E-state index in [1.54, 1.807) is 12.1 Å². The van der Waals surface area contributed by atoms with Crippen LogP contribution in [0.3, 0.4) is 0 Å². The molecule has 2 N–H and O–H groups in total. The van der Waals surface area contributed by atoms with Gasteiger partial charge in [0.15, 0.2) is 5.78 Å². The van der Waals surface area contributed by atoms with Gasteiger partial charge in [0.2, 0.25) is 0 Å². The van der Waals surface area contributed by atoms with Crippen molar-refractivity contribution in [2.75, 3.05) is 5.73 Å². The number of nitrogens with two attached hydrogens (primary N) is 1. The second-order valence-corrected chi connectivity index (χ2v) is 4.82. The molecular formula is C13H9FINO. The predicted octanol–water partition coefficient (Wildman–Crippen LogP) is 3.24. The standard InChI is InChI=1S/C13H9FINO/c14-11-7-9(3-6-12(11)16)13(17)8-1-4-10(15)5-2-8/h1-7H,16H2. The zero-order valence-electron chi connectivity index (χ0n) is 8.78. The Kier molecular flexibility index (Phi) is 3.42. The number of halogens is 2. The highest BCUT2D eigenvalue weighted by atomic mass is 127. The van der Waals surface area contributed by atoms with Crippen molar-refractivity contribution in [1.29, 1.82) is 0 Å². The first-order valence-corrected chi connectivity index (χ1v) is 6.01. The van der Waals surface area contributed by atoms with E-state index in [1.165, 1.54) is 12.1 Å². The van der Waals surface area contributed by atoms with E-state index in [0.29, 0.717) is 11.1 Å². The van der Waals surface area contributed by atoms with Crippen molar-refractivity contribution in [3.8, 4) is 0 Å². The first kappa shape index (κ1) is 12.0. The van der Waals surface area contributed by atoms with Crippen LogP contribution in [-0.4, -0.2) is 5.78 Å². The van der Waals surface area contributed by atoms with Gasteiger partial charge in [-0.1, -0.05) is 0 Å². The van der Waals surface area contributed by atoms with Crippen LogP contribution in [0.4, 0.5) is 10.1 Å². The number of hydrogen-bond donors (Lipinski definition) is 1. The fourth-order valence-corrected chi connectivity index (χ4v) is 1.80. The van der Waals surface area contributed by atoms with Crippen molar-refractivity contribution in [3.63, 3.8) is 0 Å². The average molecular weight is 341 g/mol. The van der Waals surface area contributed by atoms with Crippen LogP contribution in [0, 0.1) is 9.39 Å². The number of hydrogen-bond acceptors (Lipinski definition) is 2. The minimum atomic E-state index is -0.568. The van der Waals surface area contributed by atoms with Gasteiger partial charge in [0.1, 0.15) is 5.82 Å². The first-order chi connectivity index (χ1) is 8.08. The molecule has 0 aliphatic heterocycles. The first-order valence-electron chi connectivity index (χ1n) is 4.93. The number of ketones is 1. The maximum absolute atomic E-state index is 13.2. The highest BCUT2D eigenvalue weighted by Gasteiger charge is 2.10. The molecular weight excluding hydrogens is 332 g/mol. The van der Waals surface area contributed by atoms with Crippen LogP contribution in [0.15, 0.2) is 42.5 Å². The average Bonchev–Trinajstić information content (AvgIpc) is 2.33. The zero-order chi connectivity index (χ0) is 12.4. The Labute approximate surface area is 112 Å². The number of carbonyl (C=O) groups excluding carboxylic acids is 1. The molecule has 0 fully saturated rings. The second-order valence-electron chi connectivity index (χ2n) is 3.57. The molecule has 0 aromatic heterocycles. The van der Waals surface area contributed by atoms with Gasteiger partial charge >= 0.3 is 0 Å². The summed E-state index contributed by atoms with van der Waals surface area (Å²) < 4.78 is 14.3. The molecule has 86 valence electrons. The fourth-order valence-electron chi connectivity index (χ4n) is 1.44. The quantitative estimate of drug-likeness (QED) is 0.518. The number of rotatable bonds is 2. The van der Waals surface area contributed by atoms with Gasteiger partial charge in [0.05, 0.1) is 5.69 Å². The molecule has 0 atom stereocenters. The van der Waals surface area contributed by atoms with E-state index >= 15 is 0 Å². The highest BCUT2D eigenvalue weighted by Crippen LogP contribution is 2.16. The molecule has 0 radical (unpaired) electrons. The molecule has 0 heterocycles. The van der Waals surface area contributed by atoms with Crippen molar-refractivity contribution in [3.05, 3.63) is 63.0 Å². The summed E-state index contributed by atoms with van der Waals surface area (Å²) in [6, 6.07) is 11.2. The molecule has 0 spiro atoms. The molecule has 2 nitrogen and oxygen atoms in total. The molecule has 4 heteroatoms. The third-order valence-corrected chi connectivity index (χ3v) is 3.09. The minimum absolute atomic E-state index is 0.0455. The molecule has 0 aliphatic carbocycles. The fraction of sp³-hybridized carbons (Fsp3) is 0. The minimum Gasteiger partial charge on any atom is -0.396 e. The smallest absolute Gasteiger partial charge is 0.193 e. The normalized spacial score (nSPS) is 10.2. The maximum atomic E-state index is 13.2. The van der Waals surface area contributed by atoms with E-state index in [9.17, 15) is 9.18 Å². The van der Waals surface area contributed by atoms with Gasteiger partial charge in [-0.3, -0.25) is 4.79 Å². The van der Waals surface area contributed by atoms with E-state index in [0.717, 1.165) is 9.64 Å². The third kappa shape index (κ3) is 2.63. The topological polar surface area (TPSA) is 43.1 Å². The van der Waals surface area contributed by atoms with Gasteiger partial charge in [-0.05, 0) is 65.1 Å². The third-order valence-electron chi connectivity index (χ3n) is 2.37. The van der Waals surface area contributed by atoms with Crippen molar-refractivity contribution in [2.24, 2.45) is 0 Å². The summed E-state index contributed by atoms with van der Waals surface area (Å²) in [5.41, 5.74) is 6.25. The van der Waals surface area contributed by atoms with Gasteiger partial charge in [0, 0.05) is 14.7 Å². The molecule has 17 heavy (non-hydrogen) atoms. The number of anilines is 1. The van der Waals surface area contributed by atoms with Crippen LogP contribution >= 0.6 is 22.6 Å². The van der Waals surface area contributed by atoms with Gasteiger partial charge in [0.25, 0.3) is 0 Å². The van der Waals surface area contributed by atoms with E-state index in [1.807, 2.05) is 12.1 Å². The Hall–Kier alpha value is -1.43. The Morgan fingerprint density at radius 2 is 1.65 bits per heavy atom. The molecule has 0 aliphatic rings. The van der Waals surface area contributed by atoms with Crippen molar-refractivity contribution >= 4 is 34.1 Å². The van der Waals surface area contributed by atoms with E-state index in [2.05, 4.69) is 22.6 Å². The van der Waals surface area contributed by atoms with E-state index < -0.39 is 5.82 Å². The van der Waals surface area contributed by atoms with Crippen LogP contribution < -0.4 is 5.73 Å². The van der Waals surface area contributed by atoms with E-state index in [4.69, 9.17) is 5.73 Å². The number of benzene rings is 2. The van der Waals surface area contributed by atoms with Crippen molar-refractivity contribution < 1.29 is 9.18 Å². The SMILES string of the molecule is Nc1ccc(C(=O)c2ccc(I)cc2)cc1F. The van der Waals surface area contributed by atoms with Gasteiger partial charge in [-0.25, -0.2) is 4.39 Å². The highest BCUT2D eigenvalue weighted by molar-refractivity contribution is 14.1. The number of carbonyl (C=O) groups is 1. The maximum Gasteiger partial charge on any atom is 0.193 e. The molecule has 2 rings (SSSR count). The summed E-state index contributed by atoms with van der Waals surface area (Å²) >= 11 is 2.16. The Morgan fingerprint density at radius 1 is 1.06 bits per heavy atom. The largest absolute Gasteiger partial charge is 0.396 e. The number of nitrogen functional groups attached to an aromatic ring is 1. The lowest BCUT2D eigenvalue weighted by molar-refractivity contribution is 0.103. The second kappa shape index (κ2) is 4.83. The monoisotopic (exact) mass is 341 g/mol. The molecule has 2 aromatic rings. The lowest BCUT2D eigenvalue weighted by Crippen LogP contribution is -2.03. The molecule has 0 bridgehead atoms. The van der Waals surface area contributed by atoms with Crippen molar-refractivity contribution in [1.82, 2.24) is 0 Å². The summed E-state index contributed by atoms with van der Waals surface area (Å²) in [4.78, 5) is 12.0. The molecule has 0 amide bonds. The lowest BCUT2D eigenvalue weighted by atomic mass is 10.0. The van der Waals surface area contributed by atoms with Crippen LogP contribution in [0.1, 0.15) is 15.9 Å². The summed E-state index contributed by atoms with van der Waals surface area (Å²) in [7, 11) is 0. The lowest BCUT2D eigenvalue weighted by Gasteiger charge is -2.03. The Morgan fingerprint density at radius 3 is 2.24 bits per heavy atom. The van der Waals surface area contributed by atoms with Gasteiger partial charge in [-0.15, -0.1) is 0 Å². The van der Waals surface area contributed by atoms with E-state index in [-0.39, 0.29) is 11.5 Å². The summed E-state index contributed by atoms with van der Waals surface area (Å²) in [5.74, 6) is -0.776. The summed E-state index contributed by atoms with van der Waals surface area (Å²) in [6.07, 6.45) is 0. The van der Waals surface area contributed by atoms with Crippen molar-refractivity contribution in [2.45, 2.75) is 0 Å².